The van der Waals surface area contributed by atoms with E-state index in [4.69, 9.17) is 0 Å². The standard InChI is InChI=1S/C14H23N3O2S/c1-3-17(11-13-7-4-6-12(2)16-13)20(18,19)14-8-5-9-15-10-14/h4,6-7,14-15H,3,5,8-11H2,1-2H3. The fourth-order valence-electron chi connectivity index (χ4n) is 2.53. The fraction of sp³-hybridized carbons (Fsp3) is 0.643. The molecule has 1 saturated heterocycles. The molecule has 0 bridgehead atoms. The smallest absolute Gasteiger partial charge is 0.218 e. The van der Waals surface area contributed by atoms with Gasteiger partial charge in [0.1, 0.15) is 0 Å². The van der Waals surface area contributed by atoms with Crippen molar-refractivity contribution in [3.63, 3.8) is 0 Å². The SMILES string of the molecule is CCN(Cc1cccc(C)n1)S(=O)(=O)C1CCCNC1. The minimum absolute atomic E-state index is 0.305. The zero-order valence-electron chi connectivity index (χ0n) is 12.2. The third-order valence-corrected chi connectivity index (χ3v) is 6.02. The first-order valence-corrected chi connectivity index (χ1v) is 8.66. The van der Waals surface area contributed by atoms with E-state index in [1.54, 1.807) is 4.31 Å². The molecule has 20 heavy (non-hydrogen) atoms. The van der Waals surface area contributed by atoms with Crippen molar-refractivity contribution >= 4 is 10.0 Å². The zero-order chi connectivity index (χ0) is 14.6. The van der Waals surface area contributed by atoms with Crippen molar-refractivity contribution in [1.29, 1.82) is 0 Å². The van der Waals surface area contributed by atoms with Crippen molar-refractivity contribution in [2.24, 2.45) is 0 Å². The van der Waals surface area contributed by atoms with Crippen LogP contribution in [0.4, 0.5) is 0 Å². The fourth-order valence-corrected chi connectivity index (χ4v) is 4.42. The first-order chi connectivity index (χ1) is 9.54. The van der Waals surface area contributed by atoms with Crippen LogP contribution in [0.3, 0.4) is 0 Å². The van der Waals surface area contributed by atoms with E-state index in [1.165, 1.54) is 0 Å². The van der Waals surface area contributed by atoms with E-state index in [-0.39, 0.29) is 5.25 Å². The van der Waals surface area contributed by atoms with Gasteiger partial charge in [-0.2, -0.15) is 4.31 Å². The van der Waals surface area contributed by atoms with Gasteiger partial charge in [-0.25, -0.2) is 8.42 Å². The summed E-state index contributed by atoms with van der Waals surface area (Å²) in [4.78, 5) is 4.40. The average Bonchev–Trinajstić information content (AvgIpc) is 2.45. The molecule has 1 aromatic heterocycles. The van der Waals surface area contributed by atoms with E-state index in [0.717, 1.165) is 30.8 Å². The second kappa shape index (κ2) is 6.65. The van der Waals surface area contributed by atoms with Crippen molar-refractivity contribution in [2.45, 2.75) is 38.5 Å². The number of aromatic nitrogens is 1. The molecule has 1 unspecified atom stereocenters. The monoisotopic (exact) mass is 297 g/mol. The number of hydrogen-bond acceptors (Lipinski definition) is 4. The van der Waals surface area contributed by atoms with Gasteiger partial charge in [-0.05, 0) is 38.4 Å². The Balaban J connectivity index is 2.14. The van der Waals surface area contributed by atoms with E-state index < -0.39 is 10.0 Å². The van der Waals surface area contributed by atoms with Crippen LogP contribution < -0.4 is 5.32 Å². The summed E-state index contributed by atoms with van der Waals surface area (Å²) in [5, 5.41) is 2.87. The molecule has 0 radical (unpaired) electrons. The number of sulfonamides is 1. The van der Waals surface area contributed by atoms with Gasteiger partial charge in [-0.15, -0.1) is 0 Å². The molecule has 112 valence electrons. The highest BCUT2D eigenvalue weighted by atomic mass is 32.2. The van der Waals surface area contributed by atoms with Crippen LogP contribution >= 0.6 is 0 Å². The molecule has 5 nitrogen and oxygen atoms in total. The maximum absolute atomic E-state index is 12.7. The third-order valence-electron chi connectivity index (χ3n) is 3.67. The van der Waals surface area contributed by atoms with Gasteiger partial charge in [0.15, 0.2) is 0 Å². The van der Waals surface area contributed by atoms with E-state index in [9.17, 15) is 8.42 Å². The number of rotatable bonds is 5. The second-order valence-electron chi connectivity index (χ2n) is 5.21. The molecule has 1 atom stereocenters. The van der Waals surface area contributed by atoms with E-state index in [1.807, 2.05) is 32.0 Å². The Bertz CT molecular complexity index is 539. The van der Waals surface area contributed by atoms with Crippen LogP contribution in [-0.2, 0) is 16.6 Å². The Morgan fingerprint density at radius 1 is 1.45 bits per heavy atom. The Kier molecular flexibility index (Phi) is 5.12. The summed E-state index contributed by atoms with van der Waals surface area (Å²) in [5.41, 5.74) is 1.72. The van der Waals surface area contributed by atoms with Crippen LogP contribution in [0.15, 0.2) is 18.2 Å². The maximum atomic E-state index is 12.7. The van der Waals surface area contributed by atoms with Crippen LogP contribution in [0.5, 0.6) is 0 Å². The number of nitrogens with one attached hydrogen (secondary N) is 1. The van der Waals surface area contributed by atoms with Crippen LogP contribution in [-0.4, -0.2) is 42.6 Å². The Labute approximate surface area is 121 Å². The lowest BCUT2D eigenvalue weighted by Gasteiger charge is -2.29. The predicted octanol–water partition coefficient (Wildman–Crippen LogP) is 1.29. The molecular formula is C14H23N3O2S. The summed E-state index contributed by atoms with van der Waals surface area (Å²) in [6.07, 6.45) is 1.66. The molecule has 0 amide bonds. The molecule has 1 aliphatic rings. The van der Waals surface area contributed by atoms with E-state index >= 15 is 0 Å². The highest BCUT2D eigenvalue weighted by Gasteiger charge is 2.32. The number of hydrogen-bond donors (Lipinski definition) is 1. The molecule has 6 heteroatoms. The Morgan fingerprint density at radius 2 is 2.25 bits per heavy atom. The molecule has 2 rings (SSSR count). The Hall–Kier alpha value is -0.980. The van der Waals surface area contributed by atoms with Gasteiger partial charge >= 0.3 is 0 Å². The molecule has 0 aliphatic carbocycles. The summed E-state index contributed by atoms with van der Waals surface area (Å²) in [6.45, 7) is 6.10. The van der Waals surface area contributed by atoms with Crippen LogP contribution in [0.25, 0.3) is 0 Å². The topological polar surface area (TPSA) is 62.3 Å². The average molecular weight is 297 g/mol. The van der Waals surface area contributed by atoms with E-state index in [0.29, 0.717) is 19.6 Å². The molecule has 2 heterocycles. The first kappa shape index (κ1) is 15.4. The van der Waals surface area contributed by atoms with Crippen molar-refractivity contribution in [2.75, 3.05) is 19.6 Å². The second-order valence-corrected chi connectivity index (χ2v) is 7.42. The summed E-state index contributed by atoms with van der Waals surface area (Å²) >= 11 is 0. The lowest BCUT2D eigenvalue weighted by molar-refractivity contribution is 0.395. The molecular weight excluding hydrogens is 274 g/mol. The molecule has 1 N–H and O–H groups in total. The van der Waals surface area contributed by atoms with Crippen molar-refractivity contribution < 1.29 is 8.42 Å². The van der Waals surface area contributed by atoms with Crippen molar-refractivity contribution in [3.8, 4) is 0 Å². The molecule has 0 saturated carbocycles. The predicted molar refractivity (Wildman–Crippen MR) is 79.9 cm³/mol. The minimum Gasteiger partial charge on any atom is -0.315 e. The van der Waals surface area contributed by atoms with Gasteiger partial charge in [-0.3, -0.25) is 4.98 Å². The van der Waals surface area contributed by atoms with E-state index in [2.05, 4.69) is 10.3 Å². The number of piperidine rings is 1. The normalized spacial score (nSPS) is 20.2. The van der Waals surface area contributed by atoms with Crippen LogP contribution in [0, 0.1) is 6.92 Å². The quantitative estimate of drug-likeness (QED) is 0.889. The zero-order valence-corrected chi connectivity index (χ0v) is 13.0. The Morgan fingerprint density at radius 3 is 2.85 bits per heavy atom. The van der Waals surface area contributed by atoms with Crippen LogP contribution in [0.2, 0.25) is 0 Å². The molecule has 1 aliphatic heterocycles. The van der Waals surface area contributed by atoms with Gasteiger partial charge in [-0.1, -0.05) is 13.0 Å². The lowest BCUT2D eigenvalue weighted by atomic mass is 10.2. The van der Waals surface area contributed by atoms with Gasteiger partial charge in [0, 0.05) is 18.8 Å². The van der Waals surface area contributed by atoms with Crippen molar-refractivity contribution in [1.82, 2.24) is 14.6 Å². The van der Waals surface area contributed by atoms with Gasteiger partial charge < -0.3 is 5.32 Å². The third kappa shape index (κ3) is 3.56. The summed E-state index contributed by atoms with van der Waals surface area (Å²) in [7, 11) is -3.25. The summed E-state index contributed by atoms with van der Waals surface area (Å²) in [5.74, 6) is 0. The summed E-state index contributed by atoms with van der Waals surface area (Å²) in [6, 6.07) is 5.71. The minimum atomic E-state index is -3.25. The maximum Gasteiger partial charge on any atom is 0.218 e. The number of nitrogens with zero attached hydrogens (tertiary/aromatic N) is 2. The first-order valence-electron chi connectivity index (χ1n) is 7.16. The molecule has 1 aromatic rings. The number of aryl methyl sites for hydroxylation is 1. The van der Waals surface area contributed by atoms with Crippen molar-refractivity contribution in [3.05, 3.63) is 29.6 Å². The number of pyridine rings is 1. The highest BCUT2D eigenvalue weighted by Crippen LogP contribution is 2.18. The largest absolute Gasteiger partial charge is 0.315 e. The highest BCUT2D eigenvalue weighted by molar-refractivity contribution is 7.89. The molecule has 1 fully saturated rings. The summed E-state index contributed by atoms with van der Waals surface area (Å²) < 4.78 is 26.9. The van der Waals surface area contributed by atoms with Gasteiger partial charge in [0.05, 0.1) is 17.5 Å². The van der Waals surface area contributed by atoms with Gasteiger partial charge in [0.25, 0.3) is 0 Å². The molecule has 0 aromatic carbocycles. The van der Waals surface area contributed by atoms with Crippen LogP contribution in [0.1, 0.15) is 31.2 Å². The lowest BCUT2D eigenvalue weighted by Crippen LogP contribution is -2.46. The van der Waals surface area contributed by atoms with Gasteiger partial charge in [0.2, 0.25) is 10.0 Å². The molecule has 0 spiro atoms.